The van der Waals surface area contributed by atoms with Gasteiger partial charge in [0.1, 0.15) is 0 Å². The molecule has 0 bridgehead atoms. The second kappa shape index (κ2) is 3.92. The first-order valence-electron chi connectivity index (χ1n) is 5.06. The Balaban J connectivity index is 2.07. The van der Waals surface area contributed by atoms with E-state index in [0.717, 1.165) is 19.0 Å². The molecule has 2 rings (SSSR count). The molecule has 1 aromatic rings. The van der Waals surface area contributed by atoms with E-state index in [-0.39, 0.29) is 0 Å². The molecule has 1 unspecified atom stereocenters. The van der Waals surface area contributed by atoms with E-state index in [1.165, 1.54) is 25.0 Å². The highest BCUT2D eigenvalue weighted by Crippen LogP contribution is 2.28. The van der Waals surface area contributed by atoms with E-state index in [1.807, 2.05) is 19.6 Å². The molecule has 1 aromatic heterocycles. The maximum atomic E-state index is 4.20. The number of aromatic nitrogens is 2. The minimum atomic E-state index is 0.726. The lowest BCUT2D eigenvalue weighted by molar-refractivity contribution is 0.431. The fraction of sp³-hybridized carbons (Fsp3) is 0.700. The Morgan fingerprint density at radius 3 is 3.46 bits per heavy atom. The number of nitrogens with one attached hydrogen (secondary N) is 1. The van der Waals surface area contributed by atoms with Gasteiger partial charge in [-0.05, 0) is 32.9 Å². The number of rotatable bonds is 3. The Morgan fingerprint density at radius 1 is 1.69 bits per heavy atom. The van der Waals surface area contributed by atoms with Crippen molar-refractivity contribution in [3.63, 3.8) is 0 Å². The first-order chi connectivity index (χ1) is 6.42. The van der Waals surface area contributed by atoms with E-state index in [9.17, 15) is 0 Å². The molecule has 0 saturated heterocycles. The highest BCUT2D eigenvalue weighted by molar-refractivity contribution is 5.08. The van der Waals surface area contributed by atoms with Crippen LogP contribution in [-0.2, 0) is 6.54 Å². The van der Waals surface area contributed by atoms with Crippen molar-refractivity contribution in [1.82, 2.24) is 14.9 Å². The van der Waals surface area contributed by atoms with E-state index in [0.29, 0.717) is 0 Å². The van der Waals surface area contributed by atoms with Crippen molar-refractivity contribution in [3.05, 3.63) is 18.2 Å². The summed E-state index contributed by atoms with van der Waals surface area (Å²) in [5, 5.41) is 3.21. The molecule has 3 heteroatoms. The fourth-order valence-electron chi connectivity index (χ4n) is 2.12. The standard InChI is InChI=1S/C10H17N3/c1-11-5-4-9-3-2-6-13-8-12-7-10(9)13/h7-9,11H,2-6H2,1H3. The topological polar surface area (TPSA) is 29.9 Å². The lowest BCUT2D eigenvalue weighted by Gasteiger charge is -2.23. The maximum Gasteiger partial charge on any atom is 0.0948 e. The Hall–Kier alpha value is -0.830. The van der Waals surface area contributed by atoms with Gasteiger partial charge in [-0.3, -0.25) is 0 Å². The van der Waals surface area contributed by atoms with E-state index < -0.39 is 0 Å². The minimum absolute atomic E-state index is 0.726. The van der Waals surface area contributed by atoms with E-state index in [1.54, 1.807) is 0 Å². The molecule has 1 aliphatic rings. The highest BCUT2D eigenvalue weighted by Gasteiger charge is 2.19. The number of nitrogens with zero attached hydrogens (tertiary/aromatic N) is 2. The second-order valence-electron chi connectivity index (χ2n) is 3.74. The van der Waals surface area contributed by atoms with Gasteiger partial charge in [0.2, 0.25) is 0 Å². The molecule has 0 saturated carbocycles. The zero-order chi connectivity index (χ0) is 9.10. The monoisotopic (exact) mass is 179 g/mol. The van der Waals surface area contributed by atoms with Gasteiger partial charge in [0.05, 0.1) is 6.33 Å². The van der Waals surface area contributed by atoms with Crippen molar-refractivity contribution in [1.29, 1.82) is 0 Å². The molecule has 72 valence electrons. The molecule has 1 N–H and O–H groups in total. The average Bonchev–Trinajstić information content (AvgIpc) is 2.62. The molecule has 0 spiro atoms. The third-order valence-electron chi connectivity index (χ3n) is 2.86. The van der Waals surface area contributed by atoms with Gasteiger partial charge in [-0.1, -0.05) is 0 Å². The number of hydrogen-bond acceptors (Lipinski definition) is 2. The Bertz CT molecular complexity index is 267. The van der Waals surface area contributed by atoms with Gasteiger partial charge in [-0.25, -0.2) is 4.98 Å². The van der Waals surface area contributed by atoms with Crippen LogP contribution in [0.2, 0.25) is 0 Å². The van der Waals surface area contributed by atoms with Crippen LogP contribution in [0.25, 0.3) is 0 Å². The molecule has 0 fully saturated rings. The molecular formula is C10H17N3. The third kappa shape index (κ3) is 1.75. The lowest BCUT2D eigenvalue weighted by Crippen LogP contribution is -2.18. The predicted octanol–water partition coefficient (Wildman–Crippen LogP) is 1.37. The van der Waals surface area contributed by atoms with Crippen molar-refractivity contribution >= 4 is 0 Å². The summed E-state index contributed by atoms with van der Waals surface area (Å²) in [4.78, 5) is 4.20. The van der Waals surface area contributed by atoms with E-state index in [4.69, 9.17) is 0 Å². The summed E-state index contributed by atoms with van der Waals surface area (Å²) in [5.74, 6) is 0.726. The smallest absolute Gasteiger partial charge is 0.0948 e. The molecule has 0 aromatic carbocycles. The van der Waals surface area contributed by atoms with Crippen molar-refractivity contribution in [2.24, 2.45) is 0 Å². The quantitative estimate of drug-likeness (QED) is 0.759. The lowest BCUT2D eigenvalue weighted by atomic mass is 9.93. The molecular weight excluding hydrogens is 162 g/mol. The molecule has 2 heterocycles. The molecule has 0 aliphatic carbocycles. The normalized spacial score (nSPS) is 21.5. The molecule has 0 amide bonds. The number of fused-ring (bicyclic) bond motifs is 1. The number of aryl methyl sites for hydroxylation is 1. The van der Waals surface area contributed by atoms with Crippen LogP contribution in [0.5, 0.6) is 0 Å². The summed E-state index contributed by atoms with van der Waals surface area (Å²) in [6.45, 7) is 2.27. The van der Waals surface area contributed by atoms with Gasteiger partial charge in [0, 0.05) is 24.4 Å². The second-order valence-corrected chi connectivity index (χ2v) is 3.74. The summed E-state index contributed by atoms with van der Waals surface area (Å²) in [6, 6.07) is 0. The van der Waals surface area contributed by atoms with Crippen molar-refractivity contribution in [2.45, 2.75) is 31.7 Å². The van der Waals surface area contributed by atoms with Crippen LogP contribution in [0.3, 0.4) is 0 Å². The van der Waals surface area contributed by atoms with Gasteiger partial charge in [0.15, 0.2) is 0 Å². The summed E-state index contributed by atoms with van der Waals surface area (Å²) < 4.78 is 2.30. The van der Waals surface area contributed by atoms with Gasteiger partial charge in [-0.15, -0.1) is 0 Å². The molecule has 1 aliphatic heterocycles. The zero-order valence-electron chi connectivity index (χ0n) is 8.16. The van der Waals surface area contributed by atoms with Crippen LogP contribution in [0, 0.1) is 0 Å². The van der Waals surface area contributed by atoms with Gasteiger partial charge in [-0.2, -0.15) is 0 Å². The number of imidazole rings is 1. The van der Waals surface area contributed by atoms with Gasteiger partial charge in [0.25, 0.3) is 0 Å². The van der Waals surface area contributed by atoms with Crippen LogP contribution in [0.4, 0.5) is 0 Å². The zero-order valence-corrected chi connectivity index (χ0v) is 8.16. The van der Waals surface area contributed by atoms with Crippen LogP contribution in [0.1, 0.15) is 30.9 Å². The van der Waals surface area contributed by atoms with E-state index >= 15 is 0 Å². The van der Waals surface area contributed by atoms with Crippen LogP contribution >= 0.6 is 0 Å². The van der Waals surface area contributed by atoms with Gasteiger partial charge < -0.3 is 9.88 Å². The predicted molar refractivity (Wildman–Crippen MR) is 52.7 cm³/mol. The summed E-state index contributed by atoms with van der Waals surface area (Å²) in [6.07, 6.45) is 7.85. The van der Waals surface area contributed by atoms with Gasteiger partial charge >= 0.3 is 0 Å². The molecule has 3 nitrogen and oxygen atoms in total. The Morgan fingerprint density at radius 2 is 2.62 bits per heavy atom. The van der Waals surface area contributed by atoms with Crippen LogP contribution < -0.4 is 5.32 Å². The average molecular weight is 179 g/mol. The highest BCUT2D eigenvalue weighted by atomic mass is 15.1. The Kier molecular flexibility index (Phi) is 2.64. The SMILES string of the molecule is CNCCC1CCCn2cncc21. The summed E-state index contributed by atoms with van der Waals surface area (Å²) in [7, 11) is 2.01. The maximum absolute atomic E-state index is 4.20. The van der Waals surface area contributed by atoms with E-state index in [2.05, 4.69) is 14.9 Å². The van der Waals surface area contributed by atoms with Crippen molar-refractivity contribution in [2.75, 3.05) is 13.6 Å². The molecule has 0 radical (unpaired) electrons. The minimum Gasteiger partial charge on any atom is -0.334 e. The summed E-state index contributed by atoms with van der Waals surface area (Å²) in [5.41, 5.74) is 1.43. The van der Waals surface area contributed by atoms with Crippen LogP contribution in [0.15, 0.2) is 12.5 Å². The molecule has 13 heavy (non-hydrogen) atoms. The number of hydrogen-bond donors (Lipinski definition) is 1. The largest absolute Gasteiger partial charge is 0.334 e. The first kappa shape index (κ1) is 8.75. The van der Waals surface area contributed by atoms with Crippen molar-refractivity contribution < 1.29 is 0 Å². The molecule has 1 atom stereocenters. The van der Waals surface area contributed by atoms with Crippen molar-refractivity contribution in [3.8, 4) is 0 Å². The fourth-order valence-corrected chi connectivity index (χ4v) is 2.12. The third-order valence-corrected chi connectivity index (χ3v) is 2.86. The van der Waals surface area contributed by atoms with Crippen LogP contribution in [-0.4, -0.2) is 23.1 Å². The summed E-state index contributed by atoms with van der Waals surface area (Å²) >= 11 is 0. The first-order valence-corrected chi connectivity index (χ1v) is 5.06. The Labute approximate surface area is 79.2 Å².